The summed E-state index contributed by atoms with van der Waals surface area (Å²) in [5.74, 6) is -6.42. The van der Waals surface area contributed by atoms with E-state index in [1.165, 1.54) is 4.90 Å². The summed E-state index contributed by atoms with van der Waals surface area (Å²) in [6.07, 6.45) is 1.36. The molecule has 428 valence electrons. The van der Waals surface area contributed by atoms with Crippen LogP contribution in [0.3, 0.4) is 0 Å². The van der Waals surface area contributed by atoms with E-state index in [1.807, 2.05) is 12.1 Å². The molecule has 1 fully saturated rings. The average molecular weight is 1070 g/mol. The van der Waals surface area contributed by atoms with Crippen molar-refractivity contribution in [2.24, 2.45) is 11.8 Å². The van der Waals surface area contributed by atoms with Crippen molar-refractivity contribution in [1.29, 1.82) is 0 Å². The van der Waals surface area contributed by atoms with Gasteiger partial charge >= 0.3 is 29.8 Å². The lowest BCUT2D eigenvalue weighted by Gasteiger charge is -2.31. The maximum Gasteiger partial charge on any atom is 0.320 e. The van der Waals surface area contributed by atoms with E-state index in [1.54, 1.807) is 117 Å². The number of hydrogen-bond donors (Lipinski definition) is 4. The van der Waals surface area contributed by atoms with Crippen LogP contribution in [-0.2, 0) is 68.5 Å². The first kappa shape index (κ1) is 64.4. The molecule has 0 aliphatic carbocycles. The topological polar surface area (TPSA) is 269 Å². The molecule has 0 aromatic heterocycles. The van der Waals surface area contributed by atoms with Crippen LogP contribution in [0.4, 0.5) is 0 Å². The van der Waals surface area contributed by atoms with Crippen LogP contribution in [0.5, 0.6) is 5.75 Å². The molecule has 0 spiro atoms. The highest BCUT2D eigenvalue weighted by Crippen LogP contribution is 2.35. The molecule has 1 aromatic carbocycles. The van der Waals surface area contributed by atoms with Crippen molar-refractivity contribution >= 4 is 53.5 Å². The molecule has 22 heteroatoms. The van der Waals surface area contributed by atoms with Crippen LogP contribution < -0.4 is 20.7 Å². The number of carbonyl (C=O) groups excluding carboxylic acids is 8. The van der Waals surface area contributed by atoms with Gasteiger partial charge in [0.1, 0.15) is 34.2 Å². The Kier molecular flexibility index (Phi) is 24.6. The summed E-state index contributed by atoms with van der Waals surface area (Å²) in [4.78, 5) is 125. The quantitative estimate of drug-likeness (QED) is 0.0659. The maximum absolute atomic E-state index is 13.9. The number of fused-ring (bicyclic) bond motifs is 7. The molecule has 4 amide bonds. The molecule has 4 rings (SSSR count). The third kappa shape index (κ3) is 25.3. The molecule has 1 saturated heterocycles. The van der Waals surface area contributed by atoms with Gasteiger partial charge < -0.3 is 49.6 Å². The smallest absolute Gasteiger partial charge is 0.320 e. The number of aliphatic carboxylic acids is 1. The fourth-order valence-corrected chi connectivity index (χ4v) is 8.68. The number of benzene rings is 1. The summed E-state index contributed by atoms with van der Waals surface area (Å²) in [6, 6.07) is 5.69. The number of carboxylic acids is 1. The lowest BCUT2D eigenvalue weighted by Crippen LogP contribution is -2.53. The first-order valence-corrected chi connectivity index (χ1v) is 26.3. The number of nitrogens with zero attached hydrogens (tertiary/aromatic N) is 4. The summed E-state index contributed by atoms with van der Waals surface area (Å²) < 4.78 is 28.0. The van der Waals surface area contributed by atoms with Gasteiger partial charge in [-0.1, -0.05) is 12.1 Å². The molecule has 22 nitrogen and oxygen atoms in total. The van der Waals surface area contributed by atoms with E-state index in [-0.39, 0.29) is 91.3 Å². The molecule has 76 heavy (non-hydrogen) atoms. The second-order valence-electron chi connectivity index (χ2n) is 23.6. The molecule has 1 aromatic rings. The van der Waals surface area contributed by atoms with Gasteiger partial charge in [0.15, 0.2) is 0 Å². The molecule has 4 atom stereocenters. The summed E-state index contributed by atoms with van der Waals surface area (Å²) in [6.45, 7) is 22.0. The lowest BCUT2D eigenvalue weighted by atomic mass is 9.86. The minimum absolute atomic E-state index is 0.106. The van der Waals surface area contributed by atoms with E-state index in [0.29, 0.717) is 25.2 Å². The third-order valence-corrected chi connectivity index (χ3v) is 11.7. The predicted molar refractivity (Wildman–Crippen MR) is 281 cm³/mol. The number of carboxylic acid groups (broad SMARTS) is 1. The molecule has 0 radical (unpaired) electrons. The fourth-order valence-electron chi connectivity index (χ4n) is 8.68. The van der Waals surface area contributed by atoms with Gasteiger partial charge in [-0.2, -0.15) is 0 Å². The second-order valence-corrected chi connectivity index (χ2v) is 23.6. The number of rotatable bonds is 24. The lowest BCUT2D eigenvalue weighted by molar-refractivity contribution is -0.162. The van der Waals surface area contributed by atoms with Crippen molar-refractivity contribution in [3.8, 4) is 5.75 Å². The van der Waals surface area contributed by atoms with E-state index in [0.717, 1.165) is 5.56 Å². The zero-order valence-corrected chi connectivity index (χ0v) is 47.3. The number of ether oxygens (including phenoxy) is 5. The largest absolute Gasteiger partial charge is 0.494 e. The Labute approximate surface area is 448 Å². The molecule has 3 aliphatic rings. The Bertz CT molecular complexity index is 2010. The van der Waals surface area contributed by atoms with Crippen molar-refractivity contribution < 1.29 is 71.9 Å². The monoisotopic (exact) mass is 1070 g/mol. The number of carbonyl (C=O) groups is 9. The van der Waals surface area contributed by atoms with Crippen molar-refractivity contribution in [3.05, 3.63) is 29.8 Å². The summed E-state index contributed by atoms with van der Waals surface area (Å²) in [7, 11) is 0. The summed E-state index contributed by atoms with van der Waals surface area (Å²) >= 11 is 0. The van der Waals surface area contributed by atoms with Gasteiger partial charge in [0.2, 0.25) is 23.6 Å². The maximum atomic E-state index is 13.9. The van der Waals surface area contributed by atoms with Gasteiger partial charge in [0.05, 0.1) is 57.7 Å². The van der Waals surface area contributed by atoms with E-state index >= 15 is 0 Å². The first-order valence-electron chi connectivity index (χ1n) is 26.3. The van der Waals surface area contributed by atoms with Crippen molar-refractivity contribution in [3.63, 3.8) is 0 Å². The Morgan fingerprint density at radius 2 is 1.07 bits per heavy atom. The van der Waals surface area contributed by atoms with Crippen molar-refractivity contribution in [2.45, 2.75) is 157 Å². The highest BCUT2D eigenvalue weighted by atomic mass is 16.6. The number of hydrogen-bond acceptors (Lipinski definition) is 17. The Balaban J connectivity index is 1.69. The second kappa shape index (κ2) is 29.0. The molecule has 4 N–H and O–H groups in total. The Morgan fingerprint density at radius 3 is 1.50 bits per heavy atom. The van der Waals surface area contributed by atoms with Crippen LogP contribution in [0.2, 0.25) is 0 Å². The van der Waals surface area contributed by atoms with Crippen LogP contribution >= 0.6 is 0 Å². The Morgan fingerprint density at radius 1 is 0.632 bits per heavy atom. The number of amides is 4. The van der Waals surface area contributed by atoms with E-state index in [2.05, 4.69) is 16.0 Å². The van der Waals surface area contributed by atoms with Crippen molar-refractivity contribution in [2.75, 3.05) is 85.1 Å². The number of nitrogens with one attached hydrogen (secondary N) is 3. The van der Waals surface area contributed by atoms with Gasteiger partial charge in [-0.25, -0.2) is 0 Å². The fraction of sp³-hybridized carbons (Fsp3) is 0.722. The zero-order valence-electron chi connectivity index (χ0n) is 47.3. The highest BCUT2D eigenvalue weighted by Gasteiger charge is 2.48. The Hall–Kier alpha value is -5.87. The normalized spacial score (nSPS) is 18.4. The summed E-state index contributed by atoms with van der Waals surface area (Å²) in [5.41, 5.74) is -2.43. The molecule has 4 bridgehead atoms. The van der Waals surface area contributed by atoms with Gasteiger partial charge in [-0.15, -0.1) is 0 Å². The van der Waals surface area contributed by atoms with Crippen LogP contribution in [0.15, 0.2) is 24.3 Å². The van der Waals surface area contributed by atoms with E-state index in [4.69, 9.17) is 23.7 Å². The highest BCUT2D eigenvalue weighted by molar-refractivity contribution is 5.94. The first-order chi connectivity index (χ1) is 35.2. The minimum atomic E-state index is -1.08. The molecule has 0 saturated carbocycles. The molecular formula is C54H87N7O15. The van der Waals surface area contributed by atoms with Gasteiger partial charge in [0, 0.05) is 51.7 Å². The van der Waals surface area contributed by atoms with Gasteiger partial charge in [-0.3, -0.25) is 57.9 Å². The van der Waals surface area contributed by atoms with Gasteiger partial charge in [0.25, 0.3) is 0 Å². The van der Waals surface area contributed by atoms with Crippen LogP contribution in [0, 0.1) is 11.8 Å². The third-order valence-electron chi connectivity index (χ3n) is 11.7. The SMILES string of the molecule is CC1C[C@H]2C(=O)N1C(C(=O)NCC(=O)NCCCNC(=O)CN(CCN(CC(=O)OC(C)(C)C)CC(=O)OC(C)(C)C)CCN(CC(=O)OC(C)(C)C)CC(=O)OC(C)(C)C)Cc1ccc(cc1)OCCC[C@@H]2C(=O)O. The average Bonchev–Trinajstić information content (AvgIpc) is 3.54. The number of esters is 4. The van der Waals surface area contributed by atoms with Crippen LogP contribution in [0.25, 0.3) is 0 Å². The zero-order chi connectivity index (χ0) is 57.2. The van der Waals surface area contributed by atoms with Crippen LogP contribution in [-0.4, -0.2) is 198 Å². The minimum Gasteiger partial charge on any atom is -0.494 e. The van der Waals surface area contributed by atoms with E-state index in [9.17, 15) is 48.3 Å². The molecule has 2 unspecified atom stereocenters. The standard InChI is InChI=1S/C54H87N7O15/c1-36-28-40-39(50(70)71)16-14-27-72-38-19-17-37(18-20-38)29-41(61(36)49(40)69)48(68)57-30-42(62)55-21-15-22-56-43(63)31-58(23-25-59(32-44(64)73-51(2,3)4)33-45(65)74-52(5,6)7)24-26-60(34-46(66)75-53(8,9)10)35-47(67)76-54(11,12)13/h17-20,36,39-41H,14-16,21-35H2,1-13H3,(H,55,62)(H,56,63)(H,57,68)(H,70,71)/t36?,39-,40+,41?/m0/s1. The van der Waals surface area contributed by atoms with E-state index < -0.39 is 106 Å². The molecule has 3 aliphatic heterocycles. The van der Waals surface area contributed by atoms with Gasteiger partial charge in [-0.05, 0) is 133 Å². The molecule has 3 heterocycles. The predicted octanol–water partition coefficient (Wildman–Crippen LogP) is 2.72. The molecular weight excluding hydrogens is 987 g/mol. The van der Waals surface area contributed by atoms with Crippen molar-refractivity contribution in [1.82, 2.24) is 35.6 Å². The van der Waals surface area contributed by atoms with Crippen LogP contribution in [0.1, 0.15) is 121 Å². The summed E-state index contributed by atoms with van der Waals surface area (Å²) in [5, 5.41) is 18.3.